The van der Waals surface area contributed by atoms with Gasteiger partial charge in [0.25, 0.3) is 0 Å². The van der Waals surface area contributed by atoms with Crippen molar-refractivity contribution in [3.63, 3.8) is 0 Å². The molecule has 0 unspecified atom stereocenters. The van der Waals surface area contributed by atoms with Gasteiger partial charge in [0.05, 0.1) is 5.69 Å². The van der Waals surface area contributed by atoms with Crippen LogP contribution in [0.3, 0.4) is 0 Å². The highest BCUT2D eigenvalue weighted by atomic mass is 15.1. The van der Waals surface area contributed by atoms with E-state index in [1.807, 2.05) is 19.2 Å². The molecule has 0 aromatic carbocycles. The first-order valence-electron chi connectivity index (χ1n) is 5.12. The molecule has 3 nitrogen and oxygen atoms in total. The molecule has 0 aliphatic heterocycles. The maximum atomic E-state index is 4.31. The van der Waals surface area contributed by atoms with E-state index < -0.39 is 0 Å². The fourth-order valence-corrected chi connectivity index (χ4v) is 1.44. The van der Waals surface area contributed by atoms with E-state index in [1.54, 1.807) is 0 Å². The molecule has 3 heteroatoms. The summed E-state index contributed by atoms with van der Waals surface area (Å²) in [5, 5.41) is 3.31. The molecular formula is C11H19N3. The van der Waals surface area contributed by atoms with E-state index in [-0.39, 0.29) is 0 Å². The minimum atomic E-state index is 0.897. The third-order valence-corrected chi connectivity index (χ3v) is 2.25. The normalized spacial score (nSPS) is 10.4. The van der Waals surface area contributed by atoms with Crippen molar-refractivity contribution in [3.05, 3.63) is 30.4 Å². The molecule has 0 amide bonds. The maximum Gasteiger partial charge on any atom is 0.105 e. The third-order valence-electron chi connectivity index (χ3n) is 2.25. The molecule has 0 atom stereocenters. The number of rotatable bonds is 6. The first-order chi connectivity index (χ1) is 6.79. The Bertz CT molecular complexity index is 289. The van der Waals surface area contributed by atoms with Crippen LogP contribution in [0.25, 0.3) is 0 Å². The van der Waals surface area contributed by atoms with Crippen molar-refractivity contribution in [1.82, 2.24) is 14.9 Å². The topological polar surface area (TPSA) is 29.9 Å². The summed E-state index contributed by atoms with van der Waals surface area (Å²) in [7, 11) is 0. The molecule has 0 fully saturated rings. The smallest absolute Gasteiger partial charge is 0.105 e. The Morgan fingerprint density at radius 3 is 3.07 bits per heavy atom. The van der Waals surface area contributed by atoms with Gasteiger partial charge >= 0.3 is 0 Å². The molecule has 1 heterocycles. The lowest BCUT2D eigenvalue weighted by atomic mass is 10.3. The number of nitrogens with zero attached hydrogens (tertiary/aromatic N) is 2. The molecule has 0 aliphatic carbocycles. The largest absolute Gasteiger partial charge is 0.331 e. The Morgan fingerprint density at radius 1 is 1.64 bits per heavy atom. The summed E-state index contributed by atoms with van der Waals surface area (Å²) in [5.41, 5.74) is 1.26. The number of allylic oxidation sites excluding steroid dienone is 1. The van der Waals surface area contributed by atoms with E-state index in [1.165, 1.54) is 5.69 Å². The van der Waals surface area contributed by atoms with Crippen molar-refractivity contribution in [2.75, 3.05) is 6.54 Å². The van der Waals surface area contributed by atoms with E-state index in [4.69, 9.17) is 0 Å². The average molecular weight is 193 g/mol. The van der Waals surface area contributed by atoms with E-state index in [0.717, 1.165) is 31.9 Å². The lowest BCUT2D eigenvalue weighted by Gasteiger charge is -2.08. The van der Waals surface area contributed by atoms with Crippen LogP contribution in [-0.2, 0) is 13.1 Å². The van der Waals surface area contributed by atoms with Gasteiger partial charge in [-0.25, -0.2) is 4.98 Å². The molecule has 0 saturated heterocycles. The molecular weight excluding hydrogens is 174 g/mol. The molecule has 1 aromatic rings. The number of imidazole rings is 1. The Balaban J connectivity index is 2.66. The Morgan fingerprint density at radius 2 is 2.43 bits per heavy atom. The van der Waals surface area contributed by atoms with Crippen LogP contribution in [0.1, 0.15) is 24.9 Å². The van der Waals surface area contributed by atoms with E-state index in [2.05, 4.69) is 28.4 Å². The molecule has 1 rings (SSSR count). The second-order valence-corrected chi connectivity index (χ2v) is 3.31. The summed E-state index contributed by atoms with van der Waals surface area (Å²) in [6.45, 7) is 10.8. The van der Waals surface area contributed by atoms with Crippen molar-refractivity contribution in [3.8, 4) is 0 Å². The minimum absolute atomic E-state index is 0.897. The van der Waals surface area contributed by atoms with Crippen LogP contribution < -0.4 is 5.32 Å². The Kier molecular flexibility index (Phi) is 4.40. The summed E-state index contributed by atoms with van der Waals surface area (Å²) in [6.07, 6.45) is 4.88. The third kappa shape index (κ3) is 2.70. The van der Waals surface area contributed by atoms with Gasteiger partial charge < -0.3 is 9.88 Å². The summed E-state index contributed by atoms with van der Waals surface area (Å²) < 4.78 is 2.24. The Hall–Kier alpha value is -1.09. The number of hydrogen-bond donors (Lipinski definition) is 1. The van der Waals surface area contributed by atoms with Crippen molar-refractivity contribution < 1.29 is 0 Å². The molecule has 1 N–H and O–H groups in total. The molecule has 14 heavy (non-hydrogen) atoms. The number of aryl methyl sites for hydroxylation is 1. The molecule has 78 valence electrons. The van der Waals surface area contributed by atoms with Crippen molar-refractivity contribution in [2.24, 2.45) is 0 Å². The zero-order chi connectivity index (χ0) is 10.4. The number of hydrogen-bond acceptors (Lipinski definition) is 2. The predicted molar refractivity (Wildman–Crippen MR) is 59.2 cm³/mol. The van der Waals surface area contributed by atoms with Gasteiger partial charge in [-0.05, 0) is 19.9 Å². The molecule has 0 bridgehead atoms. The van der Waals surface area contributed by atoms with E-state index >= 15 is 0 Å². The van der Waals surface area contributed by atoms with Gasteiger partial charge in [-0.2, -0.15) is 0 Å². The molecule has 0 radical (unpaired) electrons. The molecule has 1 aromatic heterocycles. The molecule has 0 aliphatic rings. The van der Waals surface area contributed by atoms with Crippen LogP contribution in [0.15, 0.2) is 18.9 Å². The van der Waals surface area contributed by atoms with Gasteiger partial charge in [-0.15, -0.1) is 6.58 Å². The lowest BCUT2D eigenvalue weighted by molar-refractivity contribution is 0.613. The summed E-state index contributed by atoms with van der Waals surface area (Å²) >= 11 is 0. The molecule has 0 spiro atoms. The molecule has 0 saturated carbocycles. The van der Waals surface area contributed by atoms with E-state index in [9.17, 15) is 0 Å². The monoisotopic (exact) mass is 193 g/mol. The average Bonchev–Trinajstić information content (AvgIpc) is 2.53. The highest BCUT2D eigenvalue weighted by molar-refractivity contribution is 5.04. The van der Waals surface area contributed by atoms with Crippen LogP contribution >= 0.6 is 0 Å². The zero-order valence-electron chi connectivity index (χ0n) is 9.08. The standard InChI is InChI=1S/C11H19N3/c1-4-6-7-14-10(3)13-9-11(14)8-12-5-2/h4,9,12H,1,5-8H2,2-3H3. The van der Waals surface area contributed by atoms with Gasteiger partial charge in [-0.3, -0.25) is 0 Å². The zero-order valence-corrected chi connectivity index (χ0v) is 9.08. The first kappa shape index (κ1) is 11.0. The van der Waals surface area contributed by atoms with Crippen molar-refractivity contribution in [1.29, 1.82) is 0 Å². The number of aromatic nitrogens is 2. The fourth-order valence-electron chi connectivity index (χ4n) is 1.44. The predicted octanol–water partition coefficient (Wildman–Crippen LogP) is 1.88. The van der Waals surface area contributed by atoms with Gasteiger partial charge in [-0.1, -0.05) is 13.0 Å². The SMILES string of the molecule is C=CCCn1c(CNCC)cnc1C. The van der Waals surface area contributed by atoms with Crippen LogP contribution in [0.5, 0.6) is 0 Å². The summed E-state index contributed by atoms with van der Waals surface area (Å²) in [5.74, 6) is 1.08. The van der Waals surface area contributed by atoms with Crippen molar-refractivity contribution >= 4 is 0 Å². The Labute approximate surface area is 85.8 Å². The van der Waals surface area contributed by atoms with Crippen molar-refractivity contribution in [2.45, 2.75) is 33.4 Å². The highest BCUT2D eigenvalue weighted by Crippen LogP contribution is 2.05. The highest BCUT2D eigenvalue weighted by Gasteiger charge is 2.04. The van der Waals surface area contributed by atoms with Gasteiger partial charge in [0.2, 0.25) is 0 Å². The number of nitrogens with one attached hydrogen (secondary N) is 1. The van der Waals surface area contributed by atoms with Gasteiger partial charge in [0, 0.05) is 19.3 Å². The fraction of sp³-hybridized carbons (Fsp3) is 0.545. The summed E-state index contributed by atoms with van der Waals surface area (Å²) in [4.78, 5) is 4.31. The first-order valence-corrected chi connectivity index (χ1v) is 5.12. The van der Waals surface area contributed by atoms with Gasteiger partial charge in [0.15, 0.2) is 0 Å². The quantitative estimate of drug-likeness (QED) is 0.699. The van der Waals surface area contributed by atoms with Crippen LogP contribution in [0.2, 0.25) is 0 Å². The second-order valence-electron chi connectivity index (χ2n) is 3.31. The van der Waals surface area contributed by atoms with E-state index in [0.29, 0.717) is 0 Å². The van der Waals surface area contributed by atoms with Gasteiger partial charge in [0.1, 0.15) is 5.82 Å². The van der Waals surface area contributed by atoms with Crippen LogP contribution in [-0.4, -0.2) is 16.1 Å². The maximum absolute atomic E-state index is 4.31. The second kappa shape index (κ2) is 5.60. The summed E-state index contributed by atoms with van der Waals surface area (Å²) in [6, 6.07) is 0. The van der Waals surface area contributed by atoms with Crippen LogP contribution in [0.4, 0.5) is 0 Å². The van der Waals surface area contributed by atoms with Crippen LogP contribution in [0, 0.1) is 6.92 Å². The minimum Gasteiger partial charge on any atom is -0.331 e. The lowest BCUT2D eigenvalue weighted by Crippen LogP contribution is -2.16.